The minimum Gasteiger partial charge on any atom is -0.271 e. The fraction of sp³-hybridized carbons (Fsp3) is 0.385. The highest BCUT2D eigenvalue weighted by molar-refractivity contribution is 9.10. The molecule has 0 amide bonds. The molecule has 20 heavy (non-hydrogen) atoms. The maximum Gasteiger partial charge on any atom is 0.0738 e. The van der Waals surface area contributed by atoms with Gasteiger partial charge in [-0.3, -0.25) is 20.9 Å². The Kier molecular flexibility index (Phi) is 5.31. The van der Waals surface area contributed by atoms with Crippen molar-refractivity contribution in [1.82, 2.24) is 20.2 Å². The summed E-state index contributed by atoms with van der Waals surface area (Å²) in [7, 11) is 0. The quantitative estimate of drug-likeness (QED) is 0.595. The molecule has 1 atom stereocenters. The van der Waals surface area contributed by atoms with E-state index in [0.717, 1.165) is 32.6 Å². The molecule has 0 aliphatic carbocycles. The maximum absolute atomic E-state index is 5.71. The molecule has 0 fully saturated rings. The van der Waals surface area contributed by atoms with Gasteiger partial charge in [0.15, 0.2) is 0 Å². The predicted octanol–water partition coefficient (Wildman–Crippen LogP) is 2.88. The lowest BCUT2D eigenvalue weighted by molar-refractivity contribution is 0.504. The van der Waals surface area contributed by atoms with Crippen molar-refractivity contribution in [2.24, 2.45) is 5.84 Å². The van der Waals surface area contributed by atoms with E-state index in [4.69, 9.17) is 5.84 Å². The Morgan fingerprint density at radius 3 is 2.80 bits per heavy atom. The molecule has 0 saturated heterocycles. The van der Waals surface area contributed by atoms with Gasteiger partial charge in [-0.1, -0.05) is 0 Å². The van der Waals surface area contributed by atoms with E-state index in [1.807, 2.05) is 23.7 Å². The van der Waals surface area contributed by atoms with Gasteiger partial charge in [0.2, 0.25) is 0 Å². The highest BCUT2D eigenvalue weighted by Crippen LogP contribution is 2.28. The highest BCUT2D eigenvalue weighted by Gasteiger charge is 2.20. The molecule has 0 spiro atoms. The molecule has 0 aliphatic rings. The molecule has 7 heteroatoms. The standard InChI is InChI=1S/C13H17Br2N5/c1-3-20-11(12(15)8(2)19-20)7-10(18-16)13-9(14)5-4-6-17-13/h4-6,10,18H,3,7,16H2,1-2H3. The third kappa shape index (κ3) is 3.11. The number of aryl methyl sites for hydroxylation is 2. The molecule has 1 unspecified atom stereocenters. The first kappa shape index (κ1) is 15.6. The largest absolute Gasteiger partial charge is 0.271 e. The van der Waals surface area contributed by atoms with Gasteiger partial charge in [0, 0.05) is 23.6 Å². The summed E-state index contributed by atoms with van der Waals surface area (Å²) in [4.78, 5) is 4.40. The Morgan fingerprint density at radius 1 is 1.45 bits per heavy atom. The Bertz CT molecular complexity index is 596. The smallest absolute Gasteiger partial charge is 0.0738 e. The van der Waals surface area contributed by atoms with Crippen molar-refractivity contribution >= 4 is 31.9 Å². The number of hydrogen-bond donors (Lipinski definition) is 2. The van der Waals surface area contributed by atoms with E-state index in [-0.39, 0.29) is 6.04 Å². The van der Waals surface area contributed by atoms with E-state index in [2.05, 4.69) is 54.3 Å². The van der Waals surface area contributed by atoms with Crippen LogP contribution in [0.25, 0.3) is 0 Å². The van der Waals surface area contributed by atoms with E-state index in [1.54, 1.807) is 6.20 Å². The van der Waals surface area contributed by atoms with E-state index >= 15 is 0 Å². The molecule has 108 valence electrons. The number of nitrogens with two attached hydrogens (primary N) is 1. The monoisotopic (exact) mass is 401 g/mol. The summed E-state index contributed by atoms with van der Waals surface area (Å²) in [6, 6.07) is 3.77. The molecule has 0 saturated carbocycles. The van der Waals surface area contributed by atoms with Crippen LogP contribution in [0.1, 0.15) is 30.0 Å². The van der Waals surface area contributed by atoms with Gasteiger partial charge >= 0.3 is 0 Å². The maximum atomic E-state index is 5.71. The van der Waals surface area contributed by atoms with Crippen LogP contribution in [0.2, 0.25) is 0 Å². The van der Waals surface area contributed by atoms with Gasteiger partial charge in [0.1, 0.15) is 0 Å². The molecule has 0 aliphatic heterocycles. The van der Waals surface area contributed by atoms with Crippen LogP contribution in [0.15, 0.2) is 27.3 Å². The van der Waals surface area contributed by atoms with E-state index < -0.39 is 0 Å². The second-order valence-electron chi connectivity index (χ2n) is 4.46. The predicted molar refractivity (Wildman–Crippen MR) is 86.0 cm³/mol. The third-order valence-corrected chi connectivity index (χ3v) is 4.87. The minimum atomic E-state index is -0.0803. The number of hydrogen-bond acceptors (Lipinski definition) is 4. The van der Waals surface area contributed by atoms with Crippen molar-refractivity contribution in [3.05, 3.63) is 44.4 Å². The number of rotatable bonds is 5. The lowest BCUT2D eigenvalue weighted by atomic mass is 10.1. The summed E-state index contributed by atoms with van der Waals surface area (Å²) in [5.41, 5.74) is 5.83. The van der Waals surface area contributed by atoms with Crippen molar-refractivity contribution in [1.29, 1.82) is 0 Å². The van der Waals surface area contributed by atoms with Gasteiger partial charge in [-0.2, -0.15) is 5.10 Å². The number of nitrogens with zero attached hydrogens (tertiary/aromatic N) is 3. The summed E-state index contributed by atoms with van der Waals surface area (Å²) in [6.45, 7) is 4.88. The van der Waals surface area contributed by atoms with Crippen LogP contribution in [0.3, 0.4) is 0 Å². The van der Waals surface area contributed by atoms with Crippen LogP contribution in [-0.4, -0.2) is 14.8 Å². The number of aromatic nitrogens is 3. The molecule has 0 radical (unpaired) electrons. The van der Waals surface area contributed by atoms with Gasteiger partial charge in [0.25, 0.3) is 0 Å². The van der Waals surface area contributed by atoms with E-state index in [0.29, 0.717) is 6.42 Å². The van der Waals surface area contributed by atoms with Crippen LogP contribution in [0.5, 0.6) is 0 Å². The molecule has 5 nitrogen and oxygen atoms in total. The number of pyridine rings is 1. The van der Waals surface area contributed by atoms with Crippen LogP contribution < -0.4 is 11.3 Å². The molecule has 0 bridgehead atoms. The summed E-state index contributed by atoms with van der Waals surface area (Å²) in [6.07, 6.45) is 2.48. The Balaban J connectivity index is 2.34. The molecule has 2 aromatic heterocycles. The molecule has 0 aromatic carbocycles. The topological polar surface area (TPSA) is 68.8 Å². The third-order valence-electron chi connectivity index (χ3n) is 3.17. The molecule has 2 heterocycles. The number of hydrazine groups is 1. The van der Waals surface area contributed by atoms with Gasteiger partial charge in [0.05, 0.1) is 27.6 Å². The number of halogens is 2. The normalized spacial score (nSPS) is 12.7. The van der Waals surface area contributed by atoms with Crippen molar-refractivity contribution in [3.63, 3.8) is 0 Å². The highest BCUT2D eigenvalue weighted by atomic mass is 79.9. The zero-order valence-electron chi connectivity index (χ0n) is 11.4. The average Bonchev–Trinajstić information content (AvgIpc) is 2.73. The second kappa shape index (κ2) is 6.80. The van der Waals surface area contributed by atoms with Crippen LogP contribution in [0.4, 0.5) is 0 Å². The summed E-state index contributed by atoms with van der Waals surface area (Å²) in [5.74, 6) is 5.71. The average molecular weight is 403 g/mol. The Morgan fingerprint density at radius 2 is 2.20 bits per heavy atom. The Hall–Kier alpha value is -0.760. The van der Waals surface area contributed by atoms with E-state index in [1.165, 1.54) is 0 Å². The second-order valence-corrected chi connectivity index (χ2v) is 6.10. The first-order valence-electron chi connectivity index (χ1n) is 6.36. The lowest BCUT2D eigenvalue weighted by Crippen LogP contribution is -2.31. The van der Waals surface area contributed by atoms with Gasteiger partial charge in [-0.15, -0.1) is 0 Å². The first-order valence-corrected chi connectivity index (χ1v) is 7.95. The van der Waals surface area contributed by atoms with Crippen molar-refractivity contribution in [3.8, 4) is 0 Å². The fourth-order valence-corrected chi connectivity index (χ4v) is 3.12. The lowest BCUT2D eigenvalue weighted by Gasteiger charge is -2.17. The molecule has 2 aromatic rings. The van der Waals surface area contributed by atoms with Crippen LogP contribution in [-0.2, 0) is 13.0 Å². The Labute approximate surface area is 135 Å². The zero-order valence-corrected chi connectivity index (χ0v) is 14.6. The van der Waals surface area contributed by atoms with Crippen LogP contribution >= 0.6 is 31.9 Å². The van der Waals surface area contributed by atoms with Crippen molar-refractivity contribution in [2.75, 3.05) is 0 Å². The molecular weight excluding hydrogens is 386 g/mol. The SMILES string of the molecule is CCn1nc(C)c(Br)c1CC(NN)c1ncccc1Br. The molecular formula is C13H17Br2N5. The molecule has 2 rings (SSSR count). The fourth-order valence-electron chi connectivity index (χ4n) is 2.15. The molecule has 3 N–H and O–H groups in total. The van der Waals surface area contributed by atoms with Gasteiger partial charge in [-0.05, 0) is 57.8 Å². The van der Waals surface area contributed by atoms with Gasteiger partial charge in [-0.25, -0.2) is 0 Å². The van der Waals surface area contributed by atoms with Crippen molar-refractivity contribution < 1.29 is 0 Å². The van der Waals surface area contributed by atoms with Gasteiger partial charge < -0.3 is 0 Å². The first-order chi connectivity index (χ1) is 9.58. The zero-order chi connectivity index (χ0) is 14.7. The van der Waals surface area contributed by atoms with Crippen molar-refractivity contribution in [2.45, 2.75) is 32.9 Å². The summed E-state index contributed by atoms with van der Waals surface area (Å²) >= 11 is 7.12. The summed E-state index contributed by atoms with van der Waals surface area (Å²) < 4.78 is 3.96. The number of nitrogens with one attached hydrogen (secondary N) is 1. The van der Waals surface area contributed by atoms with E-state index in [9.17, 15) is 0 Å². The minimum absolute atomic E-state index is 0.0803. The van der Waals surface area contributed by atoms with Crippen LogP contribution in [0, 0.1) is 6.92 Å². The summed E-state index contributed by atoms with van der Waals surface area (Å²) in [5, 5.41) is 4.50.